The summed E-state index contributed by atoms with van der Waals surface area (Å²) in [6.45, 7) is 0.386. The Bertz CT molecular complexity index is 926. The summed E-state index contributed by atoms with van der Waals surface area (Å²) in [6, 6.07) is 5.63. The first-order valence-corrected chi connectivity index (χ1v) is 10.1. The molecule has 0 amide bonds. The molecule has 1 aliphatic rings. The molecule has 0 bridgehead atoms. The van der Waals surface area contributed by atoms with E-state index in [2.05, 4.69) is 9.84 Å². The summed E-state index contributed by atoms with van der Waals surface area (Å²) < 4.78 is 34.5. The Morgan fingerprint density at radius 3 is 2.73 bits per heavy atom. The van der Waals surface area contributed by atoms with Crippen LogP contribution in [0.1, 0.15) is 41.4 Å². The van der Waals surface area contributed by atoms with Crippen LogP contribution in [0.5, 0.6) is 0 Å². The summed E-state index contributed by atoms with van der Waals surface area (Å²) in [5.74, 6) is -0.611. The molecule has 0 N–H and O–H groups in total. The second-order valence-electron chi connectivity index (χ2n) is 6.14. The lowest BCUT2D eigenvalue weighted by atomic mass is 10.0. The van der Waals surface area contributed by atoms with Crippen LogP contribution < -0.4 is 0 Å². The average molecular weight is 398 g/mol. The molecule has 1 aromatic carbocycles. The highest BCUT2D eigenvalue weighted by Crippen LogP contribution is 2.37. The molecule has 3 rings (SSSR count). The van der Waals surface area contributed by atoms with Gasteiger partial charge >= 0.3 is 5.97 Å². The van der Waals surface area contributed by atoms with Crippen LogP contribution in [0.4, 0.5) is 0 Å². The van der Waals surface area contributed by atoms with Crippen molar-refractivity contribution < 1.29 is 17.9 Å². The van der Waals surface area contributed by atoms with Crippen LogP contribution in [0.25, 0.3) is 0 Å². The standard InChI is InChI=1S/C17H20ClN3O4S/c1-20-14(8-9-19-20)15-5-3-4-10-21(15)26(23,24)16-11-12(17(22)25-2)6-7-13(16)18/h6-9,11,15H,3-5,10H2,1-2H3. The summed E-state index contributed by atoms with van der Waals surface area (Å²) in [4.78, 5) is 11.7. The molecule has 0 spiro atoms. The van der Waals surface area contributed by atoms with E-state index in [0.717, 1.165) is 18.5 Å². The van der Waals surface area contributed by atoms with E-state index < -0.39 is 16.0 Å². The molecular weight excluding hydrogens is 378 g/mol. The smallest absolute Gasteiger partial charge is 0.337 e. The van der Waals surface area contributed by atoms with Gasteiger partial charge in [0.1, 0.15) is 4.90 Å². The summed E-state index contributed by atoms with van der Waals surface area (Å²) >= 11 is 6.18. The topological polar surface area (TPSA) is 81.5 Å². The van der Waals surface area contributed by atoms with Crippen molar-refractivity contribution in [3.05, 3.63) is 46.7 Å². The SMILES string of the molecule is COC(=O)c1ccc(Cl)c(S(=O)(=O)N2CCCCC2c2ccnn2C)c1. The quantitative estimate of drug-likeness (QED) is 0.741. The maximum Gasteiger partial charge on any atom is 0.337 e. The van der Waals surface area contributed by atoms with Crippen LogP contribution in [0.2, 0.25) is 5.02 Å². The third kappa shape index (κ3) is 3.36. The maximum atomic E-state index is 13.3. The van der Waals surface area contributed by atoms with Gasteiger partial charge in [-0.3, -0.25) is 4.68 Å². The Labute approximate surface area is 157 Å². The minimum absolute atomic E-state index is 0.0759. The van der Waals surface area contributed by atoms with Gasteiger partial charge in [-0.1, -0.05) is 18.0 Å². The predicted octanol–water partition coefficient (Wildman–Crippen LogP) is 2.78. The number of piperidine rings is 1. The molecule has 2 aromatic rings. The number of rotatable bonds is 4. The van der Waals surface area contributed by atoms with E-state index in [9.17, 15) is 13.2 Å². The van der Waals surface area contributed by atoms with Gasteiger partial charge in [0.15, 0.2) is 0 Å². The molecule has 1 saturated heterocycles. The fourth-order valence-corrected chi connectivity index (χ4v) is 5.44. The van der Waals surface area contributed by atoms with Gasteiger partial charge in [-0.05, 0) is 37.1 Å². The average Bonchev–Trinajstić information content (AvgIpc) is 3.07. The number of methoxy groups -OCH3 is 1. The van der Waals surface area contributed by atoms with Crippen molar-refractivity contribution in [3.63, 3.8) is 0 Å². The zero-order valence-corrected chi connectivity index (χ0v) is 16.1. The molecule has 0 aliphatic carbocycles. The number of nitrogens with zero attached hydrogens (tertiary/aromatic N) is 3. The molecule has 0 saturated carbocycles. The molecule has 1 aromatic heterocycles. The number of hydrogen-bond acceptors (Lipinski definition) is 5. The fourth-order valence-electron chi connectivity index (χ4n) is 3.27. The van der Waals surface area contributed by atoms with Gasteiger partial charge in [0, 0.05) is 19.8 Å². The highest BCUT2D eigenvalue weighted by atomic mass is 35.5. The first-order chi connectivity index (χ1) is 12.4. The number of sulfonamides is 1. The van der Waals surface area contributed by atoms with Gasteiger partial charge in [0.25, 0.3) is 0 Å². The van der Waals surface area contributed by atoms with Crippen LogP contribution in [-0.2, 0) is 21.8 Å². The maximum absolute atomic E-state index is 13.3. The van der Waals surface area contributed by atoms with E-state index in [0.29, 0.717) is 13.0 Å². The molecule has 1 fully saturated rings. The number of halogens is 1. The Balaban J connectivity index is 2.06. The second kappa shape index (κ2) is 7.38. The number of aryl methyl sites for hydroxylation is 1. The van der Waals surface area contributed by atoms with Crippen molar-refractivity contribution in [2.24, 2.45) is 7.05 Å². The van der Waals surface area contributed by atoms with E-state index in [1.165, 1.54) is 29.6 Å². The number of carbonyl (C=O) groups is 1. The Kier molecular flexibility index (Phi) is 5.36. The summed E-state index contributed by atoms with van der Waals surface area (Å²) in [7, 11) is -0.861. The van der Waals surface area contributed by atoms with Gasteiger partial charge in [-0.25, -0.2) is 13.2 Å². The Morgan fingerprint density at radius 1 is 1.31 bits per heavy atom. The minimum atomic E-state index is -3.90. The lowest BCUT2D eigenvalue weighted by Crippen LogP contribution is -2.39. The largest absolute Gasteiger partial charge is 0.465 e. The first-order valence-electron chi connectivity index (χ1n) is 8.24. The zero-order valence-electron chi connectivity index (χ0n) is 14.6. The van der Waals surface area contributed by atoms with E-state index in [1.807, 2.05) is 6.07 Å². The van der Waals surface area contributed by atoms with Crippen LogP contribution in [0.3, 0.4) is 0 Å². The molecule has 26 heavy (non-hydrogen) atoms. The van der Waals surface area contributed by atoms with E-state index in [4.69, 9.17) is 11.6 Å². The van der Waals surface area contributed by atoms with E-state index in [1.54, 1.807) is 17.9 Å². The van der Waals surface area contributed by atoms with Crippen LogP contribution in [0, 0.1) is 0 Å². The Morgan fingerprint density at radius 2 is 2.08 bits per heavy atom. The first kappa shape index (κ1) is 18.9. The second-order valence-corrected chi connectivity index (χ2v) is 8.41. The number of carbonyl (C=O) groups excluding carboxylic acids is 1. The molecule has 1 unspecified atom stereocenters. The van der Waals surface area contributed by atoms with Gasteiger partial charge in [0.2, 0.25) is 10.0 Å². The highest BCUT2D eigenvalue weighted by Gasteiger charge is 2.37. The lowest BCUT2D eigenvalue weighted by Gasteiger charge is -2.34. The van der Waals surface area contributed by atoms with Gasteiger partial charge in [-0.15, -0.1) is 0 Å². The van der Waals surface area contributed by atoms with Crippen LogP contribution >= 0.6 is 11.6 Å². The summed E-state index contributed by atoms with van der Waals surface area (Å²) in [5, 5.41) is 4.23. The Hall–Kier alpha value is -1.90. The number of aromatic nitrogens is 2. The zero-order chi connectivity index (χ0) is 18.9. The van der Waals surface area contributed by atoms with Crippen LogP contribution in [-0.4, -0.2) is 42.1 Å². The molecule has 1 aliphatic heterocycles. The van der Waals surface area contributed by atoms with Crippen LogP contribution in [0.15, 0.2) is 35.4 Å². The summed E-state index contributed by atoms with van der Waals surface area (Å²) in [5.41, 5.74) is 0.970. The number of benzene rings is 1. The number of hydrogen-bond donors (Lipinski definition) is 0. The van der Waals surface area contributed by atoms with Crippen molar-refractivity contribution in [2.75, 3.05) is 13.7 Å². The normalized spacial score (nSPS) is 18.7. The third-order valence-electron chi connectivity index (χ3n) is 4.59. The molecule has 2 heterocycles. The van der Waals surface area contributed by atoms with Gasteiger partial charge in [-0.2, -0.15) is 9.40 Å². The molecule has 0 radical (unpaired) electrons. The lowest BCUT2D eigenvalue weighted by molar-refractivity contribution is 0.0600. The fraction of sp³-hybridized carbons (Fsp3) is 0.412. The molecule has 140 valence electrons. The van der Waals surface area contributed by atoms with Gasteiger partial charge < -0.3 is 4.74 Å². The molecule has 9 heteroatoms. The van der Waals surface area contributed by atoms with E-state index in [-0.39, 0.29) is 21.5 Å². The predicted molar refractivity (Wildman–Crippen MR) is 96.5 cm³/mol. The number of esters is 1. The monoisotopic (exact) mass is 397 g/mol. The van der Waals surface area contributed by atoms with Crippen molar-refractivity contribution in [1.29, 1.82) is 0 Å². The molecule has 1 atom stereocenters. The minimum Gasteiger partial charge on any atom is -0.465 e. The van der Waals surface area contributed by atoms with Crippen molar-refractivity contribution >= 4 is 27.6 Å². The van der Waals surface area contributed by atoms with E-state index >= 15 is 0 Å². The molecular formula is C17H20ClN3O4S. The van der Waals surface area contributed by atoms with Gasteiger partial charge in [0.05, 0.1) is 29.4 Å². The third-order valence-corrected chi connectivity index (χ3v) is 6.98. The number of ether oxygens (including phenoxy) is 1. The van der Waals surface area contributed by atoms with Crippen molar-refractivity contribution in [2.45, 2.75) is 30.2 Å². The van der Waals surface area contributed by atoms with Crippen molar-refractivity contribution in [3.8, 4) is 0 Å². The highest BCUT2D eigenvalue weighted by molar-refractivity contribution is 7.89. The molecule has 7 nitrogen and oxygen atoms in total. The van der Waals surface area contributed by atoms with Crippen molar-refractivity contribution in [1.82, 2.24) is 14.1 Å². The summed E-state index contributed by atoms with van der Waals surface area (Å²) in [6.07, 6.45) is 4.05.